The smallest absolute Gasteiger partial charge is 0.307 e. The predicted octanol–water partition coefficient (Wildman–Crippen LogP) is 6.96. The molecule has 3 fully saturated rings. The molecule has 3 heterocycles. The minimum absolute atomic E-state index is 0.0224. The van der Waals surface area contributed by atoms with Crippen LogP contribution in [0.2, 0.25) is 5.02 Å². The number of Topliss-reactive ketones (excluding diaryl/α,β-unsaturated/α-hetero) is 1. The van der Waals surface area contributed by atoms with Crippen LogP contribution in [0.25, 0.3) is 10.8 Å². The number of halogens is 1. The van der Waals surface area contributed by atoms with E-state index in [9.17, 15) is 27.6 Å². The van der Waals surface area contributed by atoms with Crippen LogP contribution < -0.4 is 14.2 Å². The summed E-state index contributed by atoms with van der Waals surface area (Å²) in [5.41, 5.74) is -2.04. The molecule has 1 aromatic heterocycles. The number of allylic oxidation sites excluding steroid dienone is 2. The molecule has 0 unspecified atom stereocenters. The Bertz CT molecular complexity index is 2010. The summed E-state index contributed by atoms with van der Waals surface area (Å²) in [6, 6.07) is 4.29. The van der Waals surface area contributed by atoms with Crippen molar-refractivity contribution in [2.45, 2.75) is 129 Å². The fraction of sp³-hybridized carbons (Fsp3) is 0.643. The monoisotopic (exact) mass is 813 g/mol. The highest BCUT2D eigenvalue weighted by atomic mass is 35.5. The molecule has 2 aliphatic carbocycles. The number of carbonyl (C=O) groups is 4. The Morgan fingerprint density at radius 3 is 2.52 bits per heavy atom. The van der Waals surface area contributed by atoms with Crippen molar-refractivity contribution in [1.29, 1.82) is 0 Å². The fourth-order valence-electron chi connectivity index (χ4n) is 8.33. The fourth-order valence-corrected chi connectivity index (χ4v) is 9.84. The number of amides is 2. The van der Waals surface area contributed by atoms with E-state index in [1.165, 1.54) is 4.90 Å². The van der Waals surface area contributed by atoms with E-state index >= 15 is 0 Å². The summed E-state index contributed by atoms with van der Waals surface area (Å²) in [5.74, 6) is -2.28. The molecule has 4 aliphatic rings. The van der Waals surface area contributed by atoms with E-state index in [1.807, 2.05) is 32.1 Å². The molecule has 14 heteroatoms. The maximum Gasteiger partial charge on any atom is 0.307 e. The van der Waals surface area contributed by atoms with Crippen LogP contribution in [0, 0.1) is 29.1 Å². The number of sulfonamides is 1. The highest BCUT2D eigenvalue weighted by Crippen LogP contribution is 2.58. The largest absolute Gasteiger partial charge is 0.492 e. The summed E-state index contributed by atoms with van der Waals surface area (Å²) in [6.07, 6.45) is 7.90. The van der Waals surface area contributed by atoms with Crippen LogP contribution in [0.1, 0.15) is 106 Å². The summed E-state index contributed by atoms with van der Waals surface area (Å²) >= 11 is 6.41. The first-order valence-electron chi connectivity index (χ1n) is 19.9. The molecule has 7 atom stereocenters. The standard InChI is InChI=1S/C42H56ClN3O9S/c1-8-53-35-23-44-37(32-18-28(43)13-14-30(32)35)54-29-19-33-34(47)22-42(39(50)45-56(51,52)41(7)15-16-41)21-27(42)12-10-9-11-25(2)17-26(3)31(38(49)46(33)24-29)20-36(48)55-40(4,5)6/h10,12-14,18,23,25-27,29,31,33H,8-9,11,15-17,19-22,24H2,1-7H3,(H,45,50)/b12-10-/t25-,26-,27-,29-,31+,33+,42-/m1/s1. The first-order valence-corrected chi connectivity index (χ1v) is 21.8. The highest BCUT2D eigenvalue weighted by Gasteiger charge is 2.62. The maximum absolute atomic E-state index is 14.9. The number of pyridine rings is 1. The van der Waals surface area contributed by atoms with Gasteiger partial charge in [0.25, 0.3) is 0 Å². The van der Waals surface area contributed by atoms with Crippen molar-refractivity contribution in [2.24, 2.45) is 29.1 Å². The van der Waals surface area contributed by atoms with E-state index in [0.717, 1.165) is 11.8 Å². The Labute approximate surface area is 335 Å². The van der Waals surface area contributed by atoms with Crippen molar-refractivity contribution in [3.05, 3.63) is 41.6 Å². The van der Waals surface area contributed by atoms with Gasteiger partial charge in [-0.2, -0.15) is 0 Å². The van der Waals surface area contributed by atoms with Crippen LogP contribution in [0.5, 0.6) is 11.6 Å². The predicted molar refractivity (Wildman–Crippen MR) is 213 cm³/mol. The molecular weight excluding hydrogens is 758 g/mol. The lowest BCUT2D eigenvalue weighted by molar-refractivity contribution is -0.160. The Balaban J connectivity index is 1.36. The average Bonchev–Trinajstić information content (AvgIpc) is 3.99. The second kappa shape index (κ2) is 15.9. The van der Waals surface area contributed by atoms with Crippen molar-refractivity contribution < 1.29 is 41.8 Å². The molecule has 2 aromatic rings. The quantitative estimate of drug-likeness (QED) is 0.207. The SMILES string of the molecule is CCOc1cnc(O[C@@H]2C[C@H]3C(=O)C[C@]4(C(=O)NS(=O)(=O)C5(C)CC5)C[C@H]4/C=C\CC[C@@H](C)C[C@@H](C)[C@H](CC(=O)OC(C)(C)C)C(=O)N3C2)c2cc(Cl)ccc12. The summed E-state index contributed by atoms with van der Waals surface area (Å²) in [7, 11) is -3.96. The number of fused-ring (bicyclic) bond motifs is 3. The van der Waals surface area contributed by atoms with Crippen molar-refractivity contribution in [1.82, 2.24) is 14.6 Å². The number of carbonyl (C=O) groups excluding carboxylic acids is 4. The van der Waals surface area contributed by atoms with Gasteiger partial charge < -0.3 is 19.1 Å². The first kappa shape index (κ1) is 41.9. The van der Waals surface area contributed by atoms with Gasteiger partial charge >= 0.3 is 5.97 Å². The normalized spacial score (nSPS) is 30.0. The first-order chi connectivity index (χ1) is 26.3. The van der Waals surface area contributed by atoms with Gasteiger partial charge in [-0.1, -0.05) is 37.6 Å². The molecule has 56 heavy (non-hydrogen) atoms. The molecule has 306 valence electrons. The van der Waals surface area contributed by atoms with E-state index < -0.39 is 55.7 Å². The zero-order chi connectivity index (χ0) is 40.8. The third kappa shape index (κ3) is 9.03. The van der Waals surface area contributed by atoms with Crippen LogP contribution >= 0.6 is 11.6 Å². The van der Waals surface area contributed by atoms with Crippen LogP contribution in [-0.2, 0) is 33.9 Å². The van der Waals surface area contributed by atoms with E-state index in [-0.39, 0.29) is 61.1 Å². The molecule has 0 spiro atoms. The summed E-state index contributed by atoms with van der Waals surface area (Å²) in [4.78, 5) is 63.0. The number of nitrogens with zero attached hydrogens (tertiary/aromatic N) is 2. The highest BCUT2D eigenvalue weighted by molar-refractivity contribution is 7.91. The number of ether oxygens (including phenoxy) is 3. The van der Waals surface area contributed by atoms with Crippen molar-refractivity contribution >= 4 is 56.0 Å². The third-order valence-electron chi connectivity index (χ3n) is 12.0. The lowest BCUT2D eigenvalue weighted by Crippen LogP contribution is -2.48. The zero-order valence-corrected chi connectivity index (χ0v) is 35.1. The number of nitrogens with one attached hydrogen (secondary N) is 1. The van der Waals surface area contributed by atoms with Gasteiger partial charge in [0.05, 0.1) is 47.9 Å². The van der Waals surface area contributed by atoms with Crippen molar-refractivity contribution in [3.8, 4) is 11.6 Å². The molecule has 1 N–H and O–H groups in total. The molecule has 0 bridgehead atoms. The van der Waals surface area contributed by atoms with Gasteiger partial charge in [0.15, 0.2) is 5.78 Å². The summed E-state index contributed by atoms with van der Waals surface area (Å²) in [5, 5.41) is 1.80. The van der Waals surface area contributed by atoms with Gasteiger partial charge in [-0.15, -0.1) is 0 Å². The summed E-state index contributed by atoms with van der Waals surface area (Å²) < 4.78 is 45.8. The van der Waals surface area contributed by atoms with Gasteiger partial charge in [-0.05, 0) is 109 Å². The van der Waals surface area contributed by atoms with Crippen molar-refractivity contribution in [2.75, 3.05) is 13.2 Å². The minimum atomic E-state index is -3.96. The van der Waals surface area contributed by atoms with E-state index in [4.69, 9.17) is 25.8 Å². The topological polar surface area (TPSA) is 158 Å². The van der Waals surface area contributed by atoms with Gasteiger partial charge in [0.2, 0.25) is 27.7 Å². The Morgan fingerprint density at radius 1 is 1.11 bits per heavy atom. The molecule has 12 nitrogen and oxygen atoms in total. The number of rotatable bonds is 9. The number of hydrogen-bond acceptors (Lipinski definition) is 10. The van der Waals surface area contributed by atoms with Crippen LogP contribution in [0.3, 0.4) is 0 Å². The zero-order valence-electron chi connectivity index (χ0n) is 33.6. The van der Waals surface area contributed by atoms with Gasteiger partial charge in [0.1, 0.15) is 17.5 Å². The molecular formula is C42H56ClN3O9S. The number of esters is 1. The number of aromatic nitrogens is 1. The van der Waals surface area contributed by atoms with E-state index in [1.54, 1.807) is 46.0 Å². The molecule has 1 saturated heterocycles. The summed E-state index contributed by atoms with van der Waals surface area (Å²) in [6.45, 7) is 13.3. The molecule has 0 radical (unpaired) electrons. The second-order valence-electron chi connectivity index (χ2n) is 17.7. The lowest BCUT2D eigenvalue weighted by Gasteiger charge is -2.32. The number of benzene rings is 1. The second-order valence-corrected chi connectivity index (χ2v) is 20.4. The van der Waals surface area contributed by atoms with Crippen LogP contribution in [-0.4, -0.2) is 77.5 Å². The molecule has 1 aromatic carbocycles. The van der Waals surface area contributed by atoms with E-state index in [0.29, 0.717) is 54.9 Å². The Kier molecular flexibility index (Phi) is 11.9. The lowest BCUT2D eigenvalue weighted by atomic mass is 9.82. The maximum atomic E-state index is 14.9. The van der Waals surface area contributed by atoms with Crippen LogP contribution in [0.15, 0.2) is 36.5 Å². The van der Waals surface area contributed by atoms with Crippen molar-refractivity contribution in [3.63, 3.8) is 0 Å². The Morgan fingerprint density at radius 2 is 1.84 bits per heavy atom. The molecule has 2 aliphatic heterocycles. The number of ketones is 1. The average molecular weight is 814 g/mol. The van der Waals surface area contributed by atoms with E-state index in [2.05, 4.69) is 16.6 Å². The third-order valence-corrected chi connectivity index (χ3v) is 14.4. The van der Waals surface area contributed by atoms with Gasteiger partial charge in [-0.25, -0.2) is 13.4 Å². The van der Waals surface area contributed by atoms with Crippen LogP contribution in [0.4, 0.5) is 0 Å². The number of hydrogen-bond donors (Lipinski definition) is 1. The molecule has 2 amide bonds. The minimum Gasteiger partial charge on any atom is -0.492 e. The van der Waals surface area contributed by atoms with Gasteiger partial charge in [-0.3, -0.25) is 23.9 Å². The molecule has 6 rings (SSSR count). The Hall–Kier alpha value is -3.71. The molecule has 2 saturated carbocycles. The van der Waals surface area contributed by atoms with Gasteiger partial charge in [0, 0.05) is 28.6 Å².